The summed E-state index contributed by atoms with van der Waals surface area (Å²) in [4.78, 5) is 8.34. The van der Waals surface area contributed by atoms with Crippen LogP contribution in [0.2, 0.25) is 25.7 Å². The molecule has 9 heteroatoms. The Bertz CT molecular complexity index is 1180. The van der Waals surface area contributed by atoms with Crippen molar-refractivity contribution in [1.29, 1.82) is 0 Å². The number of nitrogens with zero attached hydrogens (tertiary/aromatic N) is 6. The maximum atomic E-state index is 14.4. The quantitative estimate of drug-likeness (QED) is 0.326. The third kappa shape index (κ3) is 4.17. The van der Waals surface area contributed by atoms with E-state index < -0.39 is 13.9 Å². The molecule has 4 aromatic heterocycles. The van der Waals surface area contributed by atoms with Crippen molar-refractivity contribution in [3.05, 3.63) is 48.9 Å². The van der Waals surface area contributed by atoms with Gasteiger partial charge < -0.3 is 4.74 Å². The third-order valence-electron chi connectivity index (χ3n) is 4.90. The first-order chi connectivity index (χ1) is 14.3. The Morgan fingerprint density at radius 2 is 1.87 bits per heavy atom. The zero-order chi connectivity index (χ0) is 21.3. The van der Waals surface area contributed by atoms with Crippen LogP contribution in [0.4, 0.5) is 4.39 Å². The number of pyridine rings is 2. The molecule has 0 bridgehead atoms. The lowest BCUT2D eigenvalue weighted by Crippen LogP contribution is -2.22. The fourth-order valence-electron chi connectivity index (χ4n) is 3.29. The number of hydrogen-bond donors (Lipinski definition) is 0. The molecule has 0 saturated carbocycles. The van der Waals surface area contributed by atoms with Crippen molar-refractivity contribution in [1.82, 2.24) is 29.5 Å². The van der Waals surface area contributed by atoms with E-state index in [1.54, 1.807) is 34.0 Å². The van der Waals surface area contributed by atoms with Gasteiger partial charge in [0.2, 0.25) is 0 Å². The molecule has 0 radical (unpaired) electrons. The average Bonchev–Trinajstić information content (AvgIpc) is 3.28. The van der Waals surface area contributed by atoms with Crippen molar-refractivity contribution in [2.75, 3.05) is 6.61 Å². The molecule has 0 aliphatic rings. The molecule has 4 heterocycles. The molecule has 7 nitrogen and oxygen atoms in total. The molecule has 0 atom stereocenters. The van der Waals surface area contributed by atoms with Crippen LogP contribution in [0.25, 0.3) is 33.4 Å². The third-order valence-corrected chi connectivity index (χ3v) is 6.60. The molecule has 0 saturated heterocycles. The summed E-state index contributed by atoms with van der Waals surface area (Å²) < 4.78 is 23.7. The fraction of sp³-hybridized carbons (Fsp3) is 0.333. The van der Waals surface area contributed by atoms with Crippen molar-refractivity contribution < 1.29 is 9.13 Å². The minimum absolute atomic E-state index is 0.351. The molecule has 156 valence electrons. The van der Waals surface area contributed by atoms with Crippen LogP contribution < -0.4 is 0 Å². The molecule has 4 rings (SSSR count). The number of aromatic nitrogens is 6. The molecular formula is C21H25FN6OSi. The van der Waals surface area contributed by atoms with Crippen molar-refractivity contribution in [3.63, 3.8) is 0 Å². The Labute approximate surface area is 175 Å². The van der Waals surface area contributed by atoms with Gasteiger partial charge in [0.05, 0.1) is 12.4 Å². The minimum Gasteiger partial charge on any atom is -0.359 e. The zero-order valence-electron chi connectivity index (χ0n) is 17.6. The lowest BCUT2D eigenvalue weighted by atomic mass is 10.0. The van der Waals surface area contributed by atoms with Crippen LogP contribution >= 0.6 is 0 Å². The first kappa shape index (κ1) is 20.4. The smallest absolute Gasteiger partial charge is 0.160 e. The van der Waals surface area contributed by atoms with Gasteiger partial charge in [0.25, 0.3) is 0 Å². The molecule has 30 heavy (non-hydrogen) atoms. The van der Waals surface area contributed by atoms with E-state index in [1.165, 1.54) is 6.20 Å². The van der Waals surface area contributed by atoms with Crippen LogP contribution in [-0.2, 0) is 18.5 Å². The second-order valence-corrected chi connectivity index (χ2v) is 14.1. The summed E-state index contributed by atoms with van der Waals surface area (Å²) in [6.07, 6.45) is 8.16. The molecule has 0 aromatic carbocycles. The monoisotopic (exact) mass is 424 g/mol. The molecule has 0 fully saturated rings. The van der Waals surface area contributed by atoms with Crippen molar-refractivity contribution >= 4 is 19.1 Å². The molecule has 0 aliphatic heterocycles. The summed E-state index contributed by atoms with van der Waals surface area (Å²) in [5, 5.41) is 9.84. The zero-order valence-corrected chi connectivity index (χ0v) is 18.6. The lowest BCUT2D eigenvalue weighted by Gasteiger charge is -2.15. The number of fused-ring (bicyclic) bond motifs is 1. The predicted molar refractivity (Wildman–Crippen MR) is 117 cm³/mol. The lowest BCUT2D eigenvalue weighted by molar-refractivity contribution is 0.0813. The highest BCUT2D eigenvalue weighted by atomic mass is 28.3. The van der Waals surface area contributed by atoms with Crippen LogP contribution in [-0.4, -0.2) is 44.2 Å². The van der Waals surface area contributed by atoms with E-state index in [0.717, 1.165) is 28.2 Å². The number of hydrogen-bond acceptors (Lipinski definition) is 5. The number of halogens is 1. The number of aryl methyl sites for hydroxylation is 1. The Morgan fingerprint density at radius 1 is 1.07 bits per heavy atom. The van der Waals surface area contributed by atoms with Gasteiger partial charge in [-0.25, -0.2) is 14.1 Å². The number of ether oxygens (including phenoxy) is 1. The Kier molecular flexibility index (Phi) is 5.48. The highest BCUT2D eigenvalue weighted by molar-refractivity contribution is 6.76. The van der Waals surface area contributed by atoms with Crippen molar-refractivity contribution in [2.45, 2.75) is 32.4 Å². The van der Waals surface area contributed by atoms with Crippen molar-refractivity contribution in [3.8, 4) is 22.4 Å². The largest absolute Gasteiger partial charge is 0.359 e. The normalized spacial score (nSPS) is 12.0. The summed E-state index contributed by atoms with van der Waals surface area (Å²) in [5.74, 6) is -0.408. The van der Waals surface area contributed by atoms with Gasteiger partial charge in [0, 0.05) is 56.8 Å². The SMILES string of the molecule is Cn1cc(-c2ccnc3c2cnn3COCC[Si](C)(C)C)c(-c2ccncc2F)n1. The van der Waals surface area contributed by atoms with E-state index >= 15 is 0 Å². The van der Waals surface area contributed by atoms with Crippen LogP contribution in [0.1, 0.15) is 0 Å². The summed E-state index contributed by atoms with van der Waals surface area (Å²) in [5.41, 5.74) is 3.41. The van der Waals surface area contributed by atoms with Crippen LogP contribution in [0.5, 0.6) is 0 Å². The topological polar surface area (TPSA) is 70.7 Å². The fourth-order valence-corrected chi connectivity index (χ4v) is 4.04. The van der Waals surface area contributed by atoms with Gasteiger partial charge in [-0.15, -0.1) is 0 Å². The van der Waals surface area contributed by atoms with Crippen LogP contribution in [0.15, 0.2) is 43.1 Å². The Morgan fingerprint density at radius 3 is 2.63 bits per heavy atom. The van der Waals surface area contributed by atoms with Gasteiger partial charge in [0.1, 0.15) is 12.4 Å². The van der Waals surface area contributed by atoms with Gasteiger partial charge in [-0.05, 0) is 23.7 Å². The maximum absolute atomic E-state index is 14.4. The van der Waals surface area contributed by atoms with E-state index in [2.05, 4.69) is 39.8 Å². The number of rotatable bonds is 7. The summed E-state index contributed by atoms with van der Waals surface area (Å²) in [6.45, 7) is 8.04. The van der Waals surface area contributed by atoms with E-state index in [0.29, 0.717) is 24.6 Å². The molecular weight excluding hydrogens is 399 g/mol. The molecule has 0 spiro atoms. The van der Waals surface area contributed by atoms with E-state index in [-0.39, 0.29) is 0 Å². The average molecular weight is 425 g/mol. The van der Waals surface area contributed by atoms with Crippen molar-refractivity contribution in [2.24, 2.45) is 7.05 Å². The van der Waals surface area contributed by atoms with Crippen LogP contribution in [0, 0.1) is 5.82 Å². The summed E-state index contributed by atoms with van der Waals surface area (Å²) in [6, 6.07) is 4.64. The van der Waals surface area contributed by atoms with E-state index in [4.69, 9.17) is 4.74 Å². The van der Waals surface area contributed by atoms with Gasteiger partial charge in [-0.1, -0.05) is 19.6 Å². The molecule has 0 amide bonds. The second kappa shape index (κ2) is 8.08. The highest BCUT2D eigenvalue weighted by Crippen LogP contribution is 2.35. The van der Waals surface area contributed by atoms with Gasteiger partial charge in [0.15, 0.2) is 11.5 Å². The second-order valence-electron chi connectivity index (χ2n) is 8.51. The molecule has 0 unspecified atom stereocenters. The van der Waals surface area contributed by atoms with E-state index in [9.17, 15) is 4.39 Å². The molecule has 0 aliphatic carbocycles. The highest BCUT2D eigenvalue weighted by Gasteiger charge is 2.19. The Balaban J connectivity index is 1.69. The molecule has 0 N–H and O–H groups in total. The maximum Gasteiger partial charge on any atom is 0.160 e. The van der Waals surface area contributed by atoms with E-state index in [1.807, 2.05) is 19.3 Å². The predicted octanol–water partition coefficient (Wildman–Crippen LogP) is 4.35. The van der Waals surface area contributed by atoms with Gasteiger partial charge in [-0.3, -0.25) is 9.67 Å². The first-order valence-corrected chi connectivity index (χ1v) is 13.6. The van der Waals surface area contributed by atoms with Crippen LogP contribution in [0.3, 0.4) is 0 Å². The summed E-state index contributed by atoms with van der Waals surface area (Å²) >= 11 is 0. The first-order valence-electron chi connectivity index (χ1n) is 9.86. The summed E-state index contributed by atoms with van der Waals surface area (Å²) in [7, 11) is 0.678. The molecule has 4 aromatic rings. The minimum atomic E-state index is -1.14. The Hall–Kier alpha value is -2.91. The van der Waals surface area contributed by atoms with Gasteiger partial charge in [-0.2, -0.15) is 10.2 Å². The standard InChI is InChI=1S/C21H25FN6OSi/c1-27-13-18(20(26-27)16-5-7-23-12-19(16)22)15-6-8-24-21-17(15)11-25-28(21)14-29-9-10-30(2,3)4/h5-8,11-13H,9-10,14H2,1-4H3. The van der Waals surface area contributed by atoms with Gasteiger partial charge >= 0.3 is 0 Å².